The molecule has 0 bridgehead atoms. The van der Waals surface area contributed by atoms with Crippen LogP contribution in [0, 0.1) is 5.92 Å². The van der Waals surface area contributed by atoms with Gasteiger partial charge in [0.1, 0.15) is 0 Å². The Morgan fingerprint density at radius 1 is 1.04 bits per heavy atom. The number of anilines is 1. The fourth-order valence-corrected chi connectivity index (χ4v) is 4.43. The predicted octanol–water partition coefficient (Wildman–Crippen LogP) is 5.24. The highest BCUT2D eigenvalue weighted by Crippen LogP contribution is 2.38. The Hall–Kier alpha value is -2.13. The first-order valence-electron chi connectivity index (χ1n) is 10.7. The molecule has 0 N–H and O–H groups in total. The molecule has 4 rings (SSSR count). The minimum absolute atomic E-state index is 0.242. The zero-order valence-corrected chi connectivity index (χ0v) is 16.9. The summed E-state index contributed by atoms with van der Waals surface area (Å²) >= 11 is 0. The first-order valence-corrected chi connectivity index (χ1v) is 10.7. The maximum Gasteiger partial charge on any atom is 0.173 e. The first kappa shape index (κ1) is 19.2. The van der Waals surface area contributed by atoms with Crippen LogP contribution in [0.5, 0.6) is 0 Å². The standard InChI is InChI=1S/C25H31NO2/c1-25(15-14-20-6-5-7-20,22-8-3-2-4-9-22)24(27)21-10-12-23(13-11-21)26-16-18-28-19-17-26/h2-4,8-13,20H,5-7,14-19H2,1H3. The van der Waals surface area contributed by atoms with E-state index in [1.165, 1.54) is 24.9 Å². The van der Waals surface area contributed by atoms with E-state index in [1.807, 2.05) is 30.3 Å². The van der Waals surface area contributed by atoms with E-state index in [0.29, 0.717) is 0 Å². The van der Waals surface area contributed by atoms with Crippen molar-refractivity contribution in [1.29, 1.82) is 0 Å². The monoisotopic (exact) mass is 377 g/mol. The lowest BCUT2D eigenvalue weighted by Gasteiger charge is -2.33. The molecule has 2 aromatic carbocycles. The summed E-state index contributed by atoms with van der Waals surface area (Å²) in [5.74, 6) is 1.05. The molecule has 0 radical (unpaired) electrons. The molecule has 1 saturated heterocycles. The maximum absolute atomic E-state index is 13.6. The Labute approximate surface area is 168 Å². The molecule has 3 heteroatoms. The van der Waals surface area contributed by atoms with Gasteiger partial charge < -0.3 is 9.64 Å². The van der Waals surface area contributed by atoms with E-state index in [9.17, 15) is 4.79 Å². The smallest absolute Gasteiger partial charge is 0.173 e. The lowest BCUT2D eigenvalue weighted by atomic mass is 9.69. The van der Waals surface area contributed by atoms with Gasteiger partial charge in [-0.3, -0.25) is 4.79 Å². The molecule has 0 spiro atoms. The van der Waals surface area contributed by atoms with Crippen molar-refractivity contribution in [2.75, 3.05) is 31.2 Å². The largest absolute Gasteiger partial charge is 0.378 e. The van der Waals surface area contributed by atoms with Crippen LogP contribution in [0.2, 0.25) is 0 Å². The second-order valence-electron chi connectivity index (χ2n) is 8.51. The third-order valence-corrected chi connectivity index (χ3v) is 6.70. The summed E-state index contributed by atoms with van der Waals surface area (Å²) in [7, 11) is 0. The lowest BCUT2D eigenvalue weighted by molar-refractivity contribution is 0.0875. The Balaban J connectivity index is 1.55. The van der Waals surface area contributed by atoms with Crippen LogP contribution < -0.4 is 4.90 Å². The van der Waals surface area contributed by atoms with Gasteiger partial charge in [0.05, 0.1) is 18.6 Å². The van der Waals surface area contributed by atoms with Crippen molar-refractivity contribution in [3.05, 3.63) is 65.7 Å². The number of rotatable bonds is 7. The van der Waals surface area contributed by atoms with E-state index < -0.39 is 5.41 Å². The Bertz CT molecular complexity index is 776. The fourth-order valence-electron chi connectivity index (χ4n) is 4.43. The maximum atomic E-state index is 13.6. The highest BCUT2D eigenvalue weighted by molar-refractivity contribution is 6.04. The summed E-state index contributed by atoms with van der Waals surface area (Å²) in [6, 6.07) is 18.6. The van der Waals surface area contributed by atoms with Gasteiger partial charge in [0, 0.05) is 24.3 Å². The summed E-state index contributed by atoms with van der Waals surface area (Å²) in [4.78, 5) is 16.0. The van der Waals surface area contributed by atoms with Crippen molar-refractivity contribution in [3.8, 4) is 0 Å². The molecule has 1 saturated carbocycles. The van der Waals surface area contributed by atoms with Gasteiger partial charge in [-0.15, -0.1) is 0 Å². The minimum Gasteiger partial charge on any atom is -0.378 e. The molecule has 0 amide bonds. The molecule has 28 heavy (non-hydrogen) atoms. The van der Waals surface area contributed by atoms with Crippen LogP contribution in [-0.4, -0.2) is 32.1 Å². The third kappa shape index (κ3) is 4.00. The van der Waals surface area contributed by atoms with Crippen molar-refractivity contribution in [1.82, 2.24) is 0 Å². The average molecular weight is 378 g/mol. The van der Waals surface area contributed by atoms with Crippen LogP contribution in [0.1, 0.15) is 54.9 Å². The van der Waals surface area contributed by atoms with Gasteiger partial charge in [-0.1, -0.05) is 49.6 Å². The van der Waals surface area contributed by atoms with Crippen molar-refractivity contribution in [2.45, 2.75) is 44.4 Å². The van der Waals surface area contributed by atoms with Crippen LogP contribution >= 0.6 is 0 Å². The first-order chi connectivity index (χ1) is 13.7. The number of Topliss-reactive ketones (excluding diaryl/α,β-unsaturated/α-hetero) is 1. The number of carbonyl (C=O) groups is 1. The minimum atomic E-state index is -0.461. The van der Waals surface area contributed by atoms with Crippen LogP contribution in [-0.2, 0) is 10.2 Å². The molecule has 0 aromatic heterocycles. The van der Waals surface area contributed by atoms with Crippen LogP contribution in [0.4, 0.5) is 5.69 Å². The van der Waals surface area contributed by atoms with Crippen LogP contribution in [0.15, 0.2) is 54.6 Å². The normalized spacial score (nSPS) is 19.7. The van der Waals surface area contributed by atoms with Gasteiger partial charge >= 0.3 is 0 Å². The Kier molecular flexibility index (Phi) is 5.82. The quantitative estimate of drug-likeness (QED) is 0.618. The number of benzene rings is 2. The van der Waals surface area contributed by atoms with Crippen molar-refractivity contribution < 1.29 is 9.53 Å². The number of hydrogen-bond acceptors (Lipinski definition) is 3. The molecule has 1 atom stereocenters. The van der Waals surface area contributed by atoms with Gasteiger partial charge in [0.15, 0.2) is 5.78 Å². The molecule has 1 heterocycles. The van der Waals surface area contributed by atoms with Gasteiger partial charge in [-0.25, -0.2) is 0 Å². The highest BCUT2D eigenvalue weighted by atomic mass is 16.5. The summed E-state index contributed by atoms with van der Waals surface area (Å²) in [5.41, 5.74) is 2.67. The zero-order chi connectivity index (χ0) is 19.4. The summed E-state index contributed by atoms with van der Waals surface area (Å²) < 4.78 is 5.44. The molecule has 1 unspecified atom stereocenters. The van der Waals surface area contributed by atoms with Gasteiger partial charge in [-0.2, -0.15) is 0 Å². The van der Waals surface area contributed by atoms with E-state index in [0.717, 1.165) is 56.2 Å². The van der Waals surface area contributed by atoms with Crippen molar-refractivity contribution >= 4 is 11.5 Å². The fraction of sp³-hybridized carbons (Fsp3) is 0.480. The number of ketones is 1. The summed E-state index contributed by atoms with van der Waals surface area (Å²) in [6.45, 7) is 5.51. The number of nitrogens with zero attached hydrogens (tertiary/aromatic N) is 1. The molecule has 1 aliphatic carbocycles. The van der Waals surface area contributed by atoms with Gasteiger partial charge in [0.25, 0.3) is 0 Å². The number of ether oxygens (including phenoxy) is 1. The van der Waals surface area contributed by atoms with Crippen molar-refractivity contribution in [2.24, 2.45) is 5.92 Å². The molecule has 2 fully saturated rings. The number of morpholine rings is 1. The Morgan fingerprint density at radius 3 is 2.32 bits per heavy atom. The molecule has 148 valence electrons. The molecule has 1 aliphatic heterocycles. The number of carbonyl (C=O) groups excluding carboxylic acids is 1. The molecular weight excluding hydrogens is 346 g/mol. The second kappa shape index (κ2) is 8.48. The van der Waals surface area contributed by atoms with E-state index in [-0.39, 0.29) is 5.78 Å². The zero-order valence-electron chi connectivity index (χ0n) is 16.9. The van der Waals surface area contributed by atoms with E-state index in [4.69, 9.17) is 4.74 Å². The third-order valence-electron chi connectivity index (χ3n) is 6.70. The molecule has 2 aromatic rings. The molecular formula is C25H31NO2. The number of hydrogen-bond donors (Lipinski definition) is 0. The summed E-state index contributed by atoms with van der Waals surface area (Å²) in [5, 5.41) is 0. The van der Waals surface area contributed by atoms with E-state index in [2.05, 4.69) is 36.1 Å². The topological polar surface area (TPSA) is 29.5 Å². The highest BCUT2D eigenvalue weighted by Gasteiger charge is 2.36. The lowest BCUT2D eigenvalue weighted by Crippen LogP contribution is -2.36. The van der Waals surface area contributed by atoms with Crippen LogP contribution in [0.3, 0.4) is 0 Å². The van der Waals surface area contributed by atoms with Gasteiger partial charge in [-0.05, 0) is 55.5 Å². The summed E-state index contributed by atoms with van der Waals surface area (Å²) in [6.07, 6.45) is 6.07. The predicted molar refractivity (Wildman–Crippen MR) is 114 cm³/mol. The van der Waals surface area contributed by atoms with E-state index >= 15 is 0 Å². The molecule has 3 nitrogen and oxygen atoms in total. The van der Waals surface area contributed by atoms with Crippen molar-refractivity contribution in [3.63, 3.8) is 0 Å². The Morgan fingerprint density at radius 2 is 1.71 bits per heavy atom. The van der Waals surface area contributed by atoms with Crippen LogP contribution in [0.25, 0.3) is 0 Å². The second-order valence-corrected chi connectivity index (χ2v) is 8.51. The average Bonchev–Trinajstić information content (AvgIpc) is 2.73. The van der Waals surface area contributed by atoms with E-state index in [1.54, 1.807) is 0 Å². The van der Waals surface area contributed by atoms with Gasteiger partial charge in [0.2, 0.25) is 0 Å². The SMILES string of the molecule is CC(CCC1CCC1)(C(=O)c1ccc(N2CCOCC2)cc1)c1ccccc1. The molecule has 2 aliphatic rings.